The van der Waals surface area contributed by atoms with Gasteiger partial charge in [-0.05, 0) is 0 Å². The summed E-state index contributed by atoms with van der Waals surface area (Å²) < 4.78 is 5.67. The van der Waals surface area contributed by atoms with Gasteiger partial charge in [0.2, 0.25) is 0 Å². The summed E-state index contributed by atoms with van der Waals surface area (Å²) in [6, 6.07) is 0. The molecule has 0 aliphatic carbocycles. The molecule has 0 aromatic carbocycles. The van der Waals surface area contributed by atoms with E-state index in [1.54, 1.807) is 0 Å². The van der Waals surface area contributed by atoms with Crippen molar-refractivity contribution >= 4 is 140 Å². The summed E-state index contributed by atoms with van der Waals surface area (Å²) in [6.07, 6.45) is 0. The predicted octanol–water partition coefficient (Wildman–Crippen LogP) is 7.34. The van der Waals surface area contributed by atoms with Gasteiger partial charge in [-0.15, -0.1) is 34.0 Å². The van der Waals surface area contributed by atoms with Gasteiger partial charge in [-0.3, -0.25) is 0 Å². The number of hydrogen-bond donors (Lipinski definition) is 0. The van der Waals surface area contributed by atoms with Crippen LogP contribution >= 0.6 is 97.7 Å². The number of hydrogen-bond acceptors (Lipinski definition) is 0. The normalized spacial score (nSPS) is 15.6. The third-order valence-corrected chi connectivity index (χ3v) is 16.4. The Labute approximate surface area is 201 Å². The van der Waals surface area contributed by atoms with Crippen LogP contribution in [0.1, 0.15) is 27.7 Å². The van der Waals surface area contributed by atoms with Crippen molar-refractivity contribution in [2.24, 2.45) is 0 Å². The molecule has 0 aromatic rings. The van der Waals surface area contributed by atoms with Crippen molar-refractivity contribution in [2.45, 2.75) is 64.9 Å². The van der Waals surface area contributed by atoms with Gasteiger partial charge in [0.15, 0.2) is 0 Å². The molecule has 0 radical (unpaired) electrons. The van der Waals surface area contributed by atoms with Crippen LogP contribution in [0.3, 0.4) is 0 Å². The number of rotatable bonds is 8. The van der Waals surface area contributed by atoms with E-state index in [1.807, 2.05) is 0 Å². The van der Waals surface area contributed by atoms with Crippen LogP contribution in [-0.2, 0) is 0 Å². The molecule has 0 rings (SSSR count). The van der Waals surface area contributed by atoms with Gasteiger partial charge in [0, 0.05) is 0 Å². The zero-order valence-corrected chi connectivity index (χ0v) is 26.7. The minimum absolute atomic E-state index is 0. The molecular weight excluding hydrogens is 879 g/mol. The van der Waals surface area contributed by atoms with Crippen LogP contribution in [0.4, 0.5) is 0 Å². The molecule has 8 heteroatoms. The molecule has 128 valence electrons. The summed E-state index contributed by atoms with van der Waals surface area (Å²) in [5, 5.41) is 0. The first kappa shape index (κ1) is 32.2. The first-order valence-corrected chi connectivity index (χ1v) is 16.2. The molecule has 20 heavy (non-hydrogen) atoms. The van der Waals surface area contributed by atoms with E-state index in [0.717, 1.165) is 19.3 Å². The van der Waals surface area contributed by atoms with Gasteiger partial charge in [-0.1, -0.05) is 0 Å². The topological polar surface area (TPSA) is 0 Å². The molecule has 0 heterocycles. The van der Waals surface area contributed by atoms with Crippen molar-refractivity contribution in [3.63, 3.8) is 0 Å². The zero-order chi connectivity index (χ0) is 14.6. The van der Waals surface area contributed by atoms with Crippen molar-refractivity contribution in [3.05, 3.63) is 0 Å². The third kappa shape index (κ3) is 38.2. The molecule has 4 unspecified atom stereocenters. The molecular formula is C12H26Br6Te2. The Morgan fingerprint density at radius 1 is 0.550 bits per heavy atom. The fraction of sp³-hybridized carbons (Fsp3) is 1.00. The van der Waals surface area contributed by atoms with Crippen molar-refractivity contribution in [1.82, 2.24) is 0 Å². The molecule has 4 atom stereocenters. The SMILES string of the molecule is Br.Br.CC(Br)C[Te]CC(C)Br.CC(Br)C[Te]CC(C)Br. The molecule has 0 N–H and O–H groups in total. The zero-order valence-electron chi connectivity index (χ0n) is 12.3. The summed E-state index contributed by atoms with van der Waals surface area (Å²) in [5.74, 6) is 0. The van der Waals surface area contributed by atoms with E-state index in [2.05, 4.69) is 91.4 Å². The Morgan fingerprint density at radius 2 is 0.700 bits per heavy atom. The molecule has 0 aromatic heterocycles. The van der Waals surface area contributed by atoms with Crippen molar-refractivity contribution in [1.29, 1.82) is 0 Å². The van der Waals surface area contributed by atoms with Crippen LogP contribution in [0, 0.1) is 0 Å². The summed E-state index contributed by atoms with van der Waals surface area (Å²) >= 11 is 14.8. The second-order valence-electron chi connectivity index (χ2n) is 4.20. The second-order valence-corrected chi connectivity index (χ2v) is 16.6. The fourth-order valence-corrected chi connectivity index (χ4v) is 10.3. The van der Waals surface area contributed by atoms with E-state index in [4.69, 9.17) is 0 Å². The number of alkyl halides is 4. The van der Waals surface area contributed by atoms with Crippen LogP contribution in [-0.4, -0.2) is 61.2 Å². The molecule has 0 saturated carbocycles. The van der Waals surface area contributed by atoms with E-state index < -0.39 is 0 Å². The van der Waals surface area contributed by atoms with Crippen LogP contribution in [0.2, 0.25) is 17.9 Å². The fourth-order valence-electron chi connectivity index (χ4n) is 0.786. The molecule has 0 fully saturated rings. The van der Waals surface area contributed by atoms with Gasteiger partial charge in [0.1, 0.15) is 0 Å². The second kappa shape index (κ2) is 23.5. The van der Waals surface area contributed by atoms with Crippen LogP contribution in [0.5, 0.6) is 0 Å². The van der Waals surface area contributed by atoms with E-state index >= 15 is 0 Å². The molecule has 0 spiro atoms. The van der Waals surface area contributed by atoms with Crippen LogP contribution < -0.4 is 0 Å². The number of halogens is 6. The van der Waals surface area contributed by atoms with Crippen LogP contribution in [0.25, 0.3) is 0 Å². The van der Waals surface area contributed by atoms with Crippen molar-refractivity contribution < 1.29 is 0 Å². The first-order chi connectivity index (χ1) is 8.25. The molecule has 0 bridgehead atoms. The van der Waals surface area contributed by atoms with Crippen molar-refractivity contribution in [3.8, 4) is 0 Å². The molecule has 0 amide bonds. The summed E-state index contributed by atoms with van der Waals surface area (Å²) in [4.78, 5) is 2.97. The maximum absolute atomic E-state index is 3.54. The summed E-state index contributed by atoms with van der Waals surface area (Å²) in [7, 11) is 0. The molecule has 0 saturated heterocycles. The Hall–Kier alpha value is 4.46. The molecule has 0 aliphatic heterocycles. The average molecular weight is 905 g/mol. The van der Waals surface area contributed by atoms with E-state index in [0.29, 0.717) is 41.8 Å². The van der Waals surface area contributed by atoms with E-state index in [1.165, 1.54) is 17.9 Å². The van der Waals surface area contributed by atoms with E-state index in [9.17, 15) is 0 Å². The van der Waals surface area contributed by atoms with Gasteiger partial charge in [-0.2, -0.15) is 0 Å². The Morgan fingerprint density at radius 3 is 0.800 bits per heavy atom. The summed E-state index contributed by atoms with van der Waals surface area (Å²) in [6.45, 7) is 8.90. The quantitative estimate of drug-likeness (QED) is 0.177. The average Bonchev–Trinajstić information content (AvgIpc) is 2.15. The minimum atomic E-state index is 0. The standard InChI is InChI=1S/2C6H12Br2Te.2BrH/c2*1-5(7)3-9-4-6(2)8;;/h2*5-6H,3-4H2,1-2H3;2*1H. The Bertz CT molecular complexity index is 134. The predicted molar refractivity (Wildman–Crippen MR) is 125 cm³/mol. The molecule has 0 nitrogen and oxygen atoms in total. The van der Waals surface area contributed by atoms with Gasteiger partial charge >= 0.3 is 170 Å². The van der Waals surface area contributed by atoms with Gasteiger partial charge in [-0.25, -0.2) is 0 Å². The first-order valence-electron chi connectivity index (χ1n) is 5.97. The van der Waals surface area contributed by atoms with Crippen molar-refractivity contribution in [2.75, 3.05) is 0 Å². The third-order valence-electron chi connectivity index (χ3n) is 1.39. The summed E-state index contributed by atoms with van der Waals surface area (Å²) in [5.41, 5.74) is 0. The Balaban J connectivity index is -0.000000116. The maximum atomic E-state index is 3.54. The van der Waals surface area contributed by atoms with Gasteiger partial charge in [0.05, 0.1) is 0 Å². The monoisotopic (exact) mass is 904 g/mol. The van der Waals surface area contributed by atoms with E-state index in [-0.39, 0.29) is 34.0 Å². The van der Waals surface area contributed by atoms with Gasteiger partial charge < -0.3 is 0 Å². The van der Waals surface area contributed by atoms with Crippen LogP contribution in [0.15, 0.2) is 0 Å². The van der Waals surface area contributed by atoms with Gasteiger partial charge in [0.25, 0.3) is 0 Å². The molecule has 0 aliphatic rings. The Kier molecular flexibility index (Phi) is 37.7.